The Hall–Kier alpha value is -5.24. The van der Waals surface area contributed by atoms with Crippen molar-refractivity contribution >= 4 is 11.9 Å². The molecule has 7 heteroatoms. The van der Waals surface area contributed by atoms with Gasteiger partial charge in [0, 0.05) is 30.6 Å². The van der Waals surface area contributed by atoms with Gasteiger partial charge in [-0.15, -0.1) is 0 Å². The van der Waals surface area contributed by atoms with Gasteiger partial charge < -0.3 is 23.7 Å². The molecule has 244 valence electrons. The third-order valence-corrected chi connectivity index (χ3v) is 6.52. The quantitative estimate of drug-likeness (QED) is 0.129. The van der Waals surface area contributed by atoms with Crippen molar-refractivity contribution in [2.24, 2.45) is 0 Å². The van der Waals surface area contributed by atoms with Gasteiger partial charge in [-0.05, 0) is 111 Å². The molecule has 0 radical (unpaired) electrons. The van der Waals surface area contributed by atoms with E-state index in [2.05, 4.69) is 23.7 Å². The number of carbonyl (C=O) groups excluding carboxylic acids is 2. The van der Waals surface area contributed by atoms with Crippen LogP contribution in [0.2, 0.25) is 0 Å². The number of hydrogen-bond donors (Lipinski definition) is 0. The van der Waals surface area contributed by atoms with Crippen LogP contribution in [0.5, 0.6) is 11.5 Å². The molecular formula is C40H42O7. The number of aryl methyl sites for hydroxylation is 1. The van der Waals surface area contributed by atoms with Gasteiger partial charge in [-0.25, -0.2) is 4.79 Å². The zero-order chi connectivity index (χ0) is 33.5. The molecule has 0 spiro atoms. The first-order valence-corrected chi connectivity index (χ1v) is 15.8. The molecule has 3 rings (SSSR count). The van der Waals surface area contributed by atoms with Crippen LogP contribution < -0.4 is 9.47 Å². The Kier molecular flexibility index (Phi) is 16.6. The Morgan fingerprint density at radius 3 is 1.66 bits per heavy atom. The van der Waals surface area contributed by atoms with Crippen molar-refractivity contribution in [2.45, 2.75) is 46.1 Å². The van der Waals surface area contributed by atoms with E-state index in [4.69, 9.17) is 23.7 Å². The van der Waals surface area contributed by atoms with Crippen molar-refractivity contribution in [1.82, 2.24) is 0 Å². The second-order valence-electron chi connectivity index (χ2n) is 10.0. The molecule has 0 aliphatic heterocycles. The van der Waals surface area contributed by atoms with Crippen LogP contribution >= 0.6 is 0 Å². The van der Waals surface area contributed by atoms with Crippen molar-refractivity contribution in [3.05, 3.63) is 119 Å². The first-order chi connectivity index (χ1) is 23.0. The lowest BCUT2D eigenvalue weighted by Crippen LogP contribution is -2.28. The maximum atomic E-state index is 12.1. The molecule has 0 heterocycles. The Balaban J connectivity index is 1.35. The molecule has 0 saturated carbocycles. The lowest BCUT2D eigenvalue weighted by molar-refractivity contribution is -0.156. The van der Waals surface area contributed by atoms with Crippen LogP contribution in [0.25, 0.3) is 0 Å². The normalized spacial score (nSPS) is 11.2. The number of carbonyl (C=O) groups is 2. The van der Waals surface area contributed by atoms with Gasteiger partial charge in [0.1, 0.15) is 24.7 Å². The maximum Gasteiger partial charge on any atom is 0.335 e. The fourth-order valence-corrected chi connectivity index (χ4v) is 4.20. The second kappa shape index (κ2) is 21.5. The first kappa shape index (κ1) is 36.2. The third-order valence-electron chi connectivity index (χ3n) is 6.52. The van der Waals surface area contributed by atoms with E-state index in [0.29, 0.717) is 52.3 Å². The summed E-state index contributed by atoms with van der Waals surface area (Å²) in [5.41, 5.74) is 3.81. The number of allylic oxidation sites excluding steroid dienone is 2. The molecule has 0 aromatic heterocycles. The van der Waals surface area contributed by atoms with Crippen molar-refractivity contribution in [2.75, 3.05) is 33.0 Å². The highest BCUT2D eigenvalue weighted by molar-refractivity contribution is 5.75. The molecule has 0 bridgehead atoms. The van der Waals surface area contributed by atoms with Gasteiger partial charge in [-0.3, -0.25) is 4.79 Å². The van der Waals surface area contributed by atoms with E-state index in [1.807, 2.05) is 91.9 Å². The Bertz CT molecular complexity index is 1560. The molecule has 3 aromatic carbocycles. The van der Waals surface area contributed by atoms with Crippen LogP contribution in [0.3, 0.4) is 0 Å². The largest absolute Gasteiger partial charge is 0.490 e. The number of esters is 2. The molecule has 47 heavy (non-hydrogen) atoms. The predicted molar refractivity (Wildman–Crippen MR) is 183 cm³/mol. The smallest absolute Gasteiger partial charge is 0.335 e. The van der Waals surface area contributed by atoms with Gasteiger partial charge >= 0.3 is 11.9 Å². The molecule has 3 aromatic rings. The van der Waals surface area contributed by atoms with Crippen LogP contribution in [0.4, 0.5) is 0 Å². The second-order valence-corrected chi connectivity index (χ2v) is 10.0. The SMILES string of the molecule is CCOC(=O)CCc1ccc(OC/C=C/C#Cc2ccc(C#C/C=C/COc3ccc(CC(OCC)C(=O)OCC)cc3)cc2)cc1. The maximum absolute atomic E-state index is 12.1. The lowest BCUT2D eigenvalue weighted by atomic mass is 10.1. The average molecular weight is 635 g/mol. The minimum absolute atomic E-state index is 0.182. The summed E-state index contributed by atoms with van der Waals surface area (Å²) in [5, 5.41) is 0. The van der Waals surface area contributed by atoms with Crippen LogP contribution in [0.1, 0.15) is 49.4 Å². The van der Waals surface area contributed by atoms with E-state index in [1.165, 1.54) is 0 Å². The molecule has 0 N–H and O–H groups in total. The molecular weight excluding hydrogens is 592 g/mol. The summed E-state index contributed by atoms with van der Waals surface area (Å²) < 4.78 is 27.1. The number of benzene rings is 3. The average Bonchev–Trinajstić information content (AvgIpc) is 3.08. The summed E-state index contributed by atoms with van der Waals surface area (Å²) >= 11 is 0. The van der Waals surface area contributed by atoms with Crippen molar-refractivity contribution in [3.8, 4) is 35.2 Å². The lowest BCUT2D eigenvalue weighted by Gasteiger charge is -2.15. The van der Waals surface area contributed by atoms with E-state index in [0.717, 1.165) is 33.8 Å². The van der Waals surface area contributed by atoms with Crippen molar-refractivity contribution in [1.29, 1.82) is 0 Å². The molecule has 0 fully saturated rings. The minimum Gasteiger partial charge on any atom is -0.490 e. The molecule has 7 nitrogen and oxygen atoms in total. The van der Waals surface area contributed by atoms with Crippen LogP contribution in [0.15, 0.2) is 97.1 Å². The minimum atomic E-state index is -0.611. The number of hydrogen-bond acceptors (Lipinski definition) is 7. The highest BCUT2D eigenvalue weighted by atomic mass is 16.6. The standard InChI is InChI=1S/C40H42O7/c1-4-43-38(40(42)45-6-3)31-35-21-26-37(27-22-35)47-30-12-8-10-14-33-17-15-32(16-18-33)13-9-7-11-29-46-36-24-19-34(20-25-36)23-28-39(41)44-5-2/h7-8,11-12,15-22,24-27,38H,4-6,23,28-31H2,1-3H3/b11-7+,12-8+. The summed E-state index contributed by atoms with van der Waals surface area (Å²) in [6.07, 6.45) is 8.10. The van der Waals surface area contributed by atoms with Gasteiger partial charge in [0.25, 0.3) is 0 Å². The van der Waals surface area contributed by atoms with Gasteiger partial charge in [-0.1, -0.05) is 47.9 Å². The third kappa shape index (κ3) is 14.6. The summed E-state index contributed by atoms with van der Waals surface area (Å²) in [7, 11) is 0. The summed E-state index contributed by atoms with van der Waals surface area (Å²) in [6.45, 7) is 7.40. The Labute approximate surface area is 278 Å². The summed E-state index contributed by atoms with van der Waals surface area (Å²) in [4.78, 5) is 23.6. The molecule has 1 atom stereocenters. The van der Waals surface area contributed by atoms with Gasteiger partial charge in [0.2, 0.25) is 0 Å². The first-order valence-electron chi connectivity index (χ1n) is 15.8. The fourth-order valence-electron chi connectivity index (χ4n) is 4.20. The van der Waals surface area contributed by atoms with E-state index < -0.39 is 6.10 Å². The van der Waals surface area contributed by atoms with E-state index in [1.54, 1.807) is 26.0 Å². The highest BCUT2D eigenvalue weighted by Crippen LogP contribution is 2.16. The fraction of sp³-hybridized carbons (Fsp3) is 0.300. The van der Waals surface area contributed by atoms with Crippen molar-refractivity contribution in [3.63, 3.8) is 0 Å². The van der Waals surface area contributed by atoms with Crippen LogP contribution in [0, 0.1) is 23.7 Å². The van der Waals surface area contributed by atoms with E-state index in [-0.39, 0.29) is 11.9 Å². The molecule has 0 aliphatic carbocycles. The van der Waals surface area contributed by atoms with Gasteiger partial charge in [0.15, 0.2) is 6.10 Å². The predicted octanol–water partition coefficient (Wildman–Crippen LogP) is 6.67. The topological polar surface area (TPSA) is 80.3 Å². The van der Waals surface area contributed by atoms with Gasteiger partial charge in [0.05, 0.1) is 13.2 Å². The van der Waals surface area contributed by atoms with Crippen LogP contribution in [-0.4, -0.2) is 51.1 Å². The zero-order valence-corrected chi connectivity index (χ0v) is 27.3. The van der Waals surface area contributed by atoms with E-state index in [9.17, 15) is 9.59 Å². The summed E-state index contributed by atoms with van der Waals surface area (Å²) in [6, 6.07) is 23.0. The number of ether oxygens (including phenoxy) is 5. The highest BCUT2D eigenvalue weighted by Gasteiger charge is 2.20. The van der Waals surface area contributed by atoms with Gasteiger partial charge in [-0.2, -0.15) is 0 Å². The Morgan fingerprint density at radius 1 is 0.660 bits per heavy atom. The van der Waals surface area contributed by atoms with Crippen LogP contribution in [-0.2, 0) is 36.6 Å². The van der Waals surface area contributed by atoms with Crippen molar-refractivity contribution < 1.29 is 33.3 Å². The molecule has 0 aliphatic rings. The zero-order valence-electron chi connectivity index (χ0n) is 27.3. The Morgan fingerprint density at radius 2 is 1.17 bits per heavy atom. The summed E-state index contributed by atoms with van der Waals surface area (Å²) in [5.74, 6) is 13.2. The molecule has 1 unspecified atom stereocenters. The molecule has 0 amide bonds. The van der Waals surface area contributed by atoms with E-state index >= 15 is 0 Å². The monoisotopic (exact) mass is 634 g/mol. The molecule has 0 saturated heterocycles. The number of rotatable bonds is 16.